The highest BCUT2D eigenvalue weighted by molar-refractivity contribution is 9.10. The fraction of sp³-hybridized carbons (Fsp3) is 0.600. The van der Waals surface area contributed by atoms with Crippen molar-refractivity contribution in [3.05, 3.63) is 34.3 Å². The first-order valence-corrected chi connectivity index (χ1v) is 10.4. The molecular formula is C20H29BrN2O5. The van der Waals surface area contributed by atoms with Gasteiger partial charge in [-0.05, 0) is 57.5 Å². The summed E-state index contributed by atoms with van der Waals surface area (Å²) in [7, 11) is 0. The topological polar surface area (TPSA) is 90.3 Å². The van der Waals surface area contributed by atoms with Gasteiger partial charge in [-0.15, -0.1) is 0 Å². The molecule has 1 aromatic rings. The van der Waals surface area contributed by atoms with E-state index in [1.54, 1.807) is 0 Å². The van der Waals surface area contributed by atoms with Crippen molar-refractivity contribution in [1.82, 2.24) is 9.80 Å². The minimum absolute atomic E-state index is 0.379. The van der Waals surface area contributed by atoms with Gasteiger partial charge in [0.15, 0.2) is 0 Å². The summed E-state index contributed by atoms with van der Waals surface area (Å²) >= 11 is 3.50. The normalized spacial score (nSPS) is 24.2. The Kier molecular flexibility index (Phi) is 8.88. The number of piperidine rings is 1. The Bertz CT molecular complexity index is 625. The van der Waals surface area contributed by atoms with Gasteiger partial charge in [-0.3, -0.25) is 9.80 Å². The first-order chi connectivity index (χ1) is 13.2. The van der Waals surface area contributed by atoms with Crippen LogP contribution in [0.25, 0.3) is 0 Å². The van der Waals surface area contributed by atoms with Crippen LogP contribution in [0.5, 0.6) is 0 Å². The van der Waals surface area contributed by atoms with E-state index in [-0.39, 0.29) is 0 Å². The molecule has 0 aromatic heterocycles. The number of carboxylic acid groups (broad SMARTS) is 2. The molecule has 2 N–H and O–H groups in total. The third-order valence-corrected chi connectivity index (χ3v) is 5.55. The van der Waals surface area contributed by atoms with Crippen molar-refractivity contribution < 1.29 is 24.5 Å². The molecule has 2 unspecified atom stereocenters. The number of aliphatic carboxylic acids is 2. The quantitative estimate of drug-likeness (QED) is 0.675. The van der Waals surface area contributed by atoms with Gasteiger partial charge in [0.25, 0.3) is 0 Å². The first kappa shape index (κ1) is 22.8. The Balaban J connectivity index is 0.000000409. The molecule has 2 aliphatic heterocycles. The standard InChI is InChI=1S/C18H27BrN2O.C2H2O4/c1-14-11-21(12-15(2)22-14)18-7-9-20(10-8-18)13-16-3-5-17(19)6-4-16;3-1(4)2(5)6/h3-6,14-15,18H,7-13H2,1-2H3;(H,3,4)(H,5,6). The van der Waals surface area contributed by atoms with Crippen molar-refractivity contribution in [2.24, 2.45) is 0 Å². The van der Waals surface area contributed by atoms with Crippen molar-refractivity contribution in [2.45, 2.75) is 51.5 Å². The molecule has 7 nitrogen and oxygen atoms in total. The van der Waals surface area contributed by atoms with Gasteiger partial charge in [-0.2, -0.15) is 0 Å². The monoisotopic (exact) mass is 456 g/mol. The van der Waals surface area contributed by atoms with Crippen LogP contribution < -0.4 is 0 Å². The summed E-state index contributed by atoms with van der Waals surface area (Å²) in [6, 6.07) is 9.47. The van der Waals surface area contributed by atoms with E-state index in [4.69, 9.17) is 24.5 Å². The Morgan fingerprint density at radius 2 is 1.54 bits per heavy atom. The van der Waals surface area contributed by atoms with Gasteiger partial charge in [-0.25, -0.2) is 9.59 Å². The van der Waals surface area contributed by atoms with Crippen molar-refractivity contribution in [2.75, 3.05) is 26.2 Å². The smallest absolute Gasteiger partial charge is 0.414 e. The summed E-state index contributed by atoms with van der Waals surface area (Å²) in [6.07, 6.45) is 3.33. The van der Waals surface area contributed by atoms with Crippen molar-refractivity contribution in [3.8, 4) is 0 Å². The maximum atomic E-state index is 9.10. The number of likely N-dealkylation sites (tertiary alicyclic amines) is 1. The Labute approximate surface area is 174 Å². The minimum Gasteiger partial charge on any atom is -0.473 e. The number of benzene rings is 1. The molecule has 8 heteroatoms. The zero-order valence-electron chi connectivity index (χ0n) is 16.4. The maximum Gasteiger partial charge on any atom is 0.414 e. The van der Waals surface area contributed by atoms with E-state index in [1.807, 2.05) is 0 Å². The first-order valence-electron chi connectivity index (χ1n) is 9.57. The van der Waals surface area contributed by atoms with E-state index in [0.29, 0.717) is 12.2 Å². The minimum atomic E-state index is -1.82. The van der Waals surface area contributed by atoms with Gasteiger partial charge in [0.05, 0.1) is 12.2 Å². The van der Waals surface area contributed by atoms with Crippen LogP contribution in [0.3, 0.4) is 0 Å². The molecule has 0 bridgehead atoms. The lowest BCUT2D eigenvalue weighted by Gasteiger charge is -2.43. The molecule has 3 rings (SSSR count). The lowest BCUT2D eigenvalue weighted by atomic mass is 10.0. The van der Waals surface area contributed by atoms with Crippen molar-refractivity contribution in [3.63, 3.8) is 0 Å². The van der Waals surface area contributed by atoms with E-state index in [9.17, 15) is 0 Å². The fourth-order valence-electron chi connectivity index (χ4n) is 3.81. The average Bonchev–Trinajstić information content (AvgIpc) is 2.64. The molecule has 2 atom stereocenters. The van der Waals surface area contributed by atoms with Crippen molar-refractivity contribution >= 4 is 27.9 Å². The number of morpholine rings is 1. The van der Waals surface area contributed by atoms with E-state index in [0.717, 1.165) is 30.1 Å². The Morgan fingerprint density at radius 3 is 2.00 bits per heavy atom. The highest BCUT2D eigenvalue weighted by Crippen LogP contribution is 2.22. The maximum absolute atomic E-state index is 9.10. The SMILES string of the molecule is CC1CN(C2CCN(Cc3ccc(Br)cc3)CC2)CC(C)O1.O=C(O)C(=O)O. The van der Waals surface area contributed by atoms with Crippen molar-refractivity contribution in [1.29, 1.82) is 0 Å². The second kappa shape index (κ2) is 10.9. The molecule has 28 heavy (non-hydrogen) atoms. The van der Waals surface area contributed by atoms with E-state index >= 15 is 0 Å². The molecule has 0 amide bonds. The number of carbonyl (C=O) groups is 2. The molecule has 0 aliphatic carbocycles. The van der Waals surface area contributed by atoms with E-state index in [2.05, 4.69) is 63.8 Å². The lowest BCUT2D eigenvalue weighted by molar-refractivity contribution is -0.159. The highest BCUT2D eigenvalue weighted by atomic mass is 79.9. The van der Waals surface area contributed by atoms with Crippen LogP contribution in [-0.2, 0) is 20.9 Å². The summed E-state index contributed by atoms with van der Waals surface area (Å²) in [5, 5.41) is 14.8. The number of hydrogen-bond acceptors (Lipinski definition) is 5. The molecule has 1 aromatic carbocycles. The largest absolute Gasteiger partial charge is 0.473 e. The number of halogens is 1. The van der Waals surface area contributed by atoms with E-state index < -0.39 is 11.9 Å². The molecule has 0 radical (unpaired) electrons. The van der Waals surface area contributed by atoms with Crippen LogP contribution >= 0.6 is 15.9 Å². The molecule has 0 spiro atoms. The molecule has 2 aliphatic rings. The van der Waals surface area contributed by atoms with Gasteiger partial charge >= 0.3 is 11.9 Å². The van der Waals surface area contributed by atoms with Gasteiger partial charge < -0.3 is 14.9 Å². The molecule has 0 saturated carbocycles. The van der Waals surface area contributed by atoms with Crippen LogP contribution in [0, 0.1) is 0 Å². The number of ether oxygens (including phenoxy) is 1. The predicted octanol–water partition coefficient (Wildman–Crippen LogP) is 2.68. The zero-order chi connectivity index (χ0) is 20.7. The number of rotatable bonds is 3. The Morgan fingerprint density at radius 1 is 1.04 bits per heavy atom. The Hall–Kier alpha value is -1.48. The van der Waals surface area contributed by atoms with Gasteiger partial charge in [0, 0.05) is 30.1 Å². The van der Waals surface area contributed by atoms with Crippen LogP contribution in [0.2, 0.25) is 0 Å². The highest BCUT2D eigenvalue weighted by Gasteiger charge is 2.30. The third-order valence-electron chi connectivity index (χ3n) is 5.02. The second-order valence-corrected chi connectivity index (χ2v) is 8.37. The average molecular weight is 457 g/mol. The zero-order valence-corrected chi connectivity index (χ0v) is 18.0. The third kappa shape index (κ3) is 7.50. The number of carboxylic acids is 2. The fourth-order valence-corrected chi connectivity index (χ4v) is 4.07. The summed E-state index contributed by atoms with van der Waals surface area (Å²) < 4.78 is 7.02. The second-order valence-electron chi connectivity index (χ2n) is 7.46. The molecule has 2 fully saturated rings. The van der Waals surface area contributed by atoms with Crippen LogP contribution in [0.15, 0.2) is 28.7 Å². The number of nitrogens with zero attached hydrogens (tertiary/aromatic N) is 2. The summed E-state index contributed by atoms with van der Waals surface area (Å²) in [4.78, 5) is 23.5. The van der Waals surface area contributed by atoms with E-state index in [1.165, 1.54) is 31.5 Å². The molecule has 2 saturated heterocycles. The van der Waals surface area contributed by atoms with Gasteiger partial charge in [0.1, 0.15) is 0 Å². The summed E-state index contributed by atoms with van der Waals surface area (Å²) in [6.45, 7) is 10.1. The van der Waals surface area contributed by atoms with Crippen LogP contribution in [-0.4, -0.2) is 76.4 Å². The predicted molar refractivity (Wildman–Crippen MR) is 109 cm³/mol. The molecule has 156 valence electrons. The van der Waals surface area contributed by atoms with Gasteiger partial charge in [0.2, 0.25) is 0 Å². The van der Waals surface area contributed by atoms with Crippen LogP contribution in [0.4, 0.5) is 0 Å². The summed E-state index contributed by atoms with van der Waals surface area (Å²) in [5.41, 5.74) is 1.41. The van der Waals surface area contributed by atoms with Gasteiger partial charge in [-0.1, -0.05) is 28.1 Å². The molecule has 2 heterocycles. The number of hydrogen-bond donors (Lipinski definition) is 2. The summed E-state index contributed by atoms with van der Waals surface area (Å²) in [5.74, 6) is -3.65. The van der Waals surface area contributed by atoms with Crippen LogP contribution in [0.1, 0.15) is 32.3 Å². The molecular weight excluding hydrogens is 428 g/mol. The lowest BCUT2D eigenvalue weighted by Crippen LogP contribution is -2.53.